The van der Waals surface area contributed by atoms with Crippen molar-refractivity contribution in [2.75, 3.05) is 0 Å². The van der Waals surface area contributed by atoms with Crippen molar-refractivity contribution in [1.29, 1.82) is 0 Å². The van der Waals surface area contributed by atoms with Crippen molar-refractivity contribution in [3.63, 3.8) is 0 Å². The Kier molecular flexibility index (Phi) is 4.93. The highest BCUT2D eigenvalue weighted by Crippen LogP contribution is 2.53. The highest BCUT2D eigenvalue weighted by molar-refractivity contribution is 8.01. The van der Waals surface area contributed by atoms with Crippen LogP contribution in [-0.4, -0.2) is 38.3 Å². The summed E-state index contributed by atoms with van der Waals surface area (Å²) in [6, 6.07) is 30.2. The Morgan fingerprint density at radius 1 is 0.839 bits per heavy atom. The second-order valence-electron chi connectivity index (χ2n) is 8.68. The molecule has 5 rings (SSSR count). The molecule has 158 valence electrons. The fraction of sp³-hybridized carbons (Fsp3) is 0.269. The van der Waals surface area contributed by atoms with Gasteiger partial charge in [-0.15, -0.1) is 11.8 Å². The number of aliphatic hydroxyl groups excluding tert-OH is 1. The standard InChI is InChI=1S/C26H26N2O2S/c1-25(2)24(30)28(21-22(29)27-23(21)31-25)26(18-12-6-3-7-13-18,19-14-8-4-9-15-19)20-16-10-5-11-17-20/h3-17,21,23-24,30H,1-2H3,(H,27,29)/t21-,23-,24?/m1/s1. The molecule has 4 nitrogen and oxygen atoms in total. The summed E-state index contributed by atoms with van der Waals surface area (Å²) in [5, 5.41) is 14.8. The molecule has 1 amide bonds. The fourth-order valence-corrected chi connectivity index (χ4v) is 6.41. The number of nitrogens with zero attached hydrogens (tertiary/aromatic N) is 1. The summed E-state index contributed by atoms with van der Waals surface area (Å²) in [6.07, 6.45) is -0.842. The summed E-state index contributed by atoms with van der Waals surface area (Å²) in [4.78, 5) is 14.9. The molecule has 2 saturated heterocycles. The van der Waals surface area contributed by atoms with Gasteiger partial charge in [-0.1, -0.05) is 91.0 Å². The van der Waals surface area contributed by atoms with E-state index in [0.29, 0.717) is 0 Å². The minimum absolute atomic E-state index is 0.0424. The lowest BCUT2D eigenvalue weighted by molar-refractivity contribution is -0.155. The number of thioether (sulfide) groups is 1. The van der Waals surface area contributed by atoms with Crippen LogP contribution in [0, 0.1) is 0 Å². The van der Waals surface area contributed by atoms with Gasteiger partial charge >= 0.3 is 0 Å². The van der Waals surface area contributed by atoms with Crippen LogP contribution in [0.2, 0.25) is 0 Å². The van der Waals surface area contributed by atoms with E-state index in [1.807, 2.05) is 73.3 Å². The van der Waals surface area contributed by atoms with E-state index < -0.39 is 22.6 Å². The maximum absolute atomic E-state index is 12.9. The monoisotopic (exact) mass is 430 g/mol. The van der Waals surface area contributed by atoms with Crippen LogP contribution in [0.5, 0.6) is 0 Å². The highest BCUT2D eigenvalue weighted by Gasteiger charge is 2.62. The SMILES string of the molecule is CC1(C)S[C@H]2NC(=O)[C@H]2N(C(c2ccccc2)(c2ccccc2)c2ccccc2)C1O. The molecule has 5 heteroatoms. The molecule has 0 aromatic heterocycles. The van der Waals surface area contributed by atoms with Crippen molar-refractivity contribution in [2.24, 2.45) is 0 Å². The van der Waals surface area contributed by atoms with Crippen LogP contribution in [0.4, 0.5) is 0 Å². The Morgan fingerprint density at radius 3 is 1.65 bits per heavy atom. The zero-order valence-electron chi connectivity index (χ0n) is 17.6. The molecular weight excluding hydrogens is 404 g/mol. The Morgan fingerprint density at radius 2 is 1.26 bits per heavy atom. The summed E-state index contributed by atoms with van der Waals surface area (Å²) in [6.45, 7) is 4.09. The molecule has 3 atom stereocenters. The number of fused-ring (bicyclic) bond motifs is 1. The summed E-state index contributed by atoms with van der Waals surface area (Å²) < 4.78 is -0.474. The lowest BCUT2D eigenvalue weighted by Crippen LogP contribution is -2.79. The van der Waals surface area contributed by atoms with Crippen LogP contribution in [-0.2, 0) is 10.3 Å². The molecule has 0 spiro atoms. The number of β-lactam (4-membered cyclic amide) rings is 1. The molecule has 2 fully saturated rings. The van der Waals surface area contributed by atoms with Crippen LogP contribution < -0.4 is 5.32 Å². The number of benzene rings is 3. The van der Waals surface area contributed by atoms with Gasteiger partial charge in [-0.25, -0.2) is 4.90 Å². The van der Waals surface area contributed by atoms with Crippen molar-refractivity contribution in [2.45, 2.75) is 41.8 Å². The molecule has 3 aromatic carbocycles. The topological polar surface area (TPSA) is 52.6 Å². The van der Waals surface area contributed by atoms with Gasteiger partial charge in [-0.2, -0.15) is 0 Å². The van der Waals surface area contributed by atoms with E-state index in [9.17, 15) is 9.90 Å². The first-order valence-corrected chi connectivity index (χ1v) is 11.5. The molecule has 0 aliphatic carbocycles. The largest absolute Gasteiger partial charge is 0.377 e. The Bertz CT molecular complexity index is 976. The fourth-order valence-electron chi connectivity index (χ4n) is 4.96. The van der Waals surface area contributed by atoms with E-state index in [-0.39, 0.29) is 11.3 Å². The molecule has 0 radical (unpaired) electrons. The predicted octanol–water partition coefficient (Wildman–Crippen LogP) is 3.95. The van der Waals surface area contributed by atoms with E-state index >= 15 is 0 Å². The van der Waals surface area contributed by atoms with E-state index in [1.54, 1.807) is 11.8 Å². The second kappa shape index (κ2) is 7.52. The van der Waals surface area contributed by atoms with Crippen LogP contribution >= 0.6 is 11.8 Å². The third kappa shape index (κ3) is 3.03. The zero-order chi connectivity index (χ0) is 21.6. The van der Waals surface area contributed by atoms with Gasteiger partial charge in [0, 0.05) is 0 Å². The zero-order valence-corrected chi connectivity index (χ0v) is 18.4. The number of rotatable bonds is 4. The summed E-state index contributed by atoms with van der Waals surface area (Å²) >= 11 is 1.63. The van der Waals surface area contributed by atoms with Gasteiger partial charge in [0.1, 0.15) is 23.2 Å². The summed E-state index contributed by atoms with van der Waals surface area (Å²) in [5.41, 5.74) is 2.23. The number of hydrogen-bond donors (Lipinski definition) is 2. The lowest BCUT2D eigenvalue weighted by Gasteiger charge is -2.61. The number of carbonyl (C=O) groups excluding carboxylic acids is 1. The predicted molar refractivity (Wildman–Crippen MR) is 124 cm³/mol. The first-order valence-electron chi connectivity index (χ1n) is 10.6. The van der Waals surface area contributed by atoms with E-state index in [2.05, 4.69) is 41.7 Å². The smallest absolute Gasteiger partial charge is 0.241 e. The Balaban J connectivity index is 1.87. The van der Waals surface area contributed by atoms with Crippen molar-refractivity contribution >= 4 is 17.7 Å². The Hall–Kier alpha value is -2.60. The molecule has 31 heavy (non-hydrogen) atoms. The normalized spacial score (nSPS) is 25.3. The average Bonchev–Trinajstić information content (AvgIpc) is 2.79. The Labute approximate surface area is 187 Å². The molecule has 0 saturated carbocycles. The number of amides is 1. The average molecular weight is 431 g/mol. The summed E-state index contributed by atoms with van der Waals surface area (Å²) in [5.74, 6) is -0.0424. The van der Waals surface area contributed by atoms with Crippen molar-refractivity contribution in [3.05, 3.63) is 108 Å². The maximum atomic E-state index is 12.9. The van der Waals surface area contributed by atoms with E-state index in [4.69, 9.17) is 0 Å². The van der Waals surface area contributed by atoms with Gasteiger partial charge in [0.15, 0.2) is 0 Å². The minimum Gasteiger partial charge on any atom is -0.377 e. The van der Waals surface area contributed by atoms with Crippen molar-refractivity contribution in [3.8, 4) is 0 Å². The molecule has 2 aliphatic heterocycles. The van der Waals surface area contributed by atoms with Gasteiger partial charge in [-0.3, -0.25) is 4.79 Å². The number of nitrogens with one attached hydrogen (secondary N) is 1. The van der Waals surface area contributed by atoms with Crippen LogP contribution in [0.1, 0.15) is 30.5 Å². The molecule has 3 aromatic rings. The van der Waals surface area contributed by atoms with Crippen molar-refractivity contribution in [1.82, 2.24) is 10.2 Å². The minimum atomic E-state index is -0.842. The molecule has 2 aliphatic rings. The van der Waals surface area contributed by atoms with Gasteiger partial charge in [0.05, 0.1) is 4.75 Å². The third-order valence-corrected chi connectivity index (χ3v) is 7.87. The first kappa shape index (κ1) is 20.3. The number of hydrogen-bond acceptors (Lipinski definition) is 4. The van der Waals surface area contributed by atoms with E-state index in [1.165, 1.54) is 0 Å². The van der Waals surface area contributed by atoms with Gasteiger partial charge in [-0.05, 0) is 30.5 Å². The van der Waals surface area contributed by atoms with E-state index in [0.717, 1.165) is 16.7 Å². The molecule has 1 unspecified atom stereocenters. The van der Waals surface area contributed by atoms with Crippen LogP contribution in [0.15, 0.2) is 91.0 Å². The van der Waals surface area contributed by atoms with Crippen LogP contribution in [0.3, 0.4) is 0 Å². The first-order chi connectivity index (χ1) is 15.0. The van der Waals surface area contributed by atoms with Gasteiger partial charge < -0.3 is 10.4 Å². The number of carbonyl (C=O) groups is 1. The molecule has 2 heterocycles. The number of aliphatic hydroxyl groups is 1. The molecule has 2 N–H and O–H groups in total. The van der Waals surface area contributed by atoms with Gasteiger partial charge in [0.25, 0.3) is 0 Å². The van der Waals surface area contributed by atoms with Crippen molar-refractivity contribution < 1.29 is 9.90 Å². The highest BCUT2D eigenvalue weighted by atomic mass is 32.2. The summed E-state index contributed by atoms with van der Waals surface area (Å²) in [7, 11) is 0. The quantitative estimate of drug-likeness (QED) is 0.486. The van der Waals surface area contributed by atoms with Crippen LogP contribution in [0.25, 0.3) is 0 Å². The molecular formula is C26H26N2O2S. The maximum Gasteiger partial charge on any atom is 0.241 e. The molecule has 0 bridgehead atoms. The lowest BCUT2D eigenvalue weighted by atomic mass is 9.73. The second-order valence-corrected chi connectivity index (χ2v) is 10.5. The van der Waals surface area contributed by atoms with Gasteiger partial charge in [0.2, 0.25) is 5.91 Å². The third-order valence-electron chi connectivity index (χ3n) is 6.42.